The molecule has 170 valence electrons. The Labute approximate surface area is 190 Å². The van der Waals surface area contributed by atoms with E-state index in [0.29, 0.717) is 24.0 Å². The molecule has 0 fully saturated rings. The molecule has 0 bridgehead atoms. The van der Waals surface area contributed by atoms with Crippen LogP contribution in [0.15, 0.2) is 58.4 Å². The fraction of sp³-hybridized carbons (Fsp3) is 0.273. The SMILES string of the molecule is CC(CCCO)Oc1c(-c2ccc(S(C)(=O)=O)cc2)cnn(-c2ccc(F)c(Cl)c2)c1=O. The van der Waals surface area contributed by atoms with Gasteiger partial charge in [0.25, 0.3) is 0 Å². The summed E-state index contributed by atoms with van der Waals surface area (Å²) in [6.07, 6.45) is 3.13. The van der Waals surface area contributed by atoms with Crippen LogP contribution in [0.3, 0.4) is 0 Å². The van der Waals surface area contributed by atoms with Crippen molar-refractivity contribution in [3.8, 4) is 22.6 Å². The molecule has 1 N–H and O–H groups in total. The van der Waals surface area contributed by atoms with Gasteiger partial charge >= 0.3 is 5.56 Å². The van der Waals surface area contributed by atoms with E-state index in [2.05, 4.69) is 5.10 Å². The first-order chi connectivity index (χ1) is 15.1. The molecule has 0 spiro atoms. The minimum absolute atomic E-state index is 0.00186. The van der Waals surface area contributed by atoms with Crippen LogP contribution < -0.4 is 10.3 Å². The summed E-state index contributed by atoms with van der Waals surface area (Å²) < 4.78 is 44.0. The third-order valence-corrected chi connectivity index (χ3v) is 6.18. The summed E-state index contributed by atoms with van der Waals surface area (Å²) in [4.78, 5) is 13.4. The second-order valence-electron chi connectivity index (χ2n) is 7.29. The quantitative estimate of drug-likeness (QED) is 0.528. The number of hydrogen-bond acceptors (Lipinski definition) is 6. The van der Waals surface area contributed by atoms with Gasteiger partial charge in [-0.1, -0.05) is 23.7 Å². The Kier molecular flexibility index (Phi) is 7.33. The second-order valence-corrected chi connectivity index (χ2v) is 9.72. The van der Waals surface area contributed by atoms with Gasteiger partial charge in [0.2, 0.25) is 0 Å². The number of nitrogens with zero attached hydrogens (tertiary/aromatic N) is 2. The first-order valence-corrected chi connectivity index (χ1v) is 12.0. The number of benzene rings is 2. The summed E-state index contributed by atoms with van der Waals surface area (Å²) in [5, 5.41) is 13.1. The predicted molar refractivity (Wildman–Crippen MR) is 120 cm³/mol. The third kappa shape index (κ3) is 5.35. The predicted octanol–water partition coefficient (Wildman–Crippen LogP) is 3.64. The molecular weight excluding hydrogens is 459 g/mol. The highest BCUT2D eigenvalue weighted by Gasteiger charge is 2.19. The molecule has 1 atom stereocenters. The van der Waals surface area contributed by atoms with E-state index in [1.54, 1.807) is 19.1 Å². The number of rotatable bonds is 8. The van der Waals surface area contributed by atoms with Crippen LogP contribution in [0.25, 0.3) is 16.8 Å². The van der Waals surface area contributed by atoms with Gasteiger partial charge in [0, 0.05) is 18.4 Å². The molecule has 32 heavy (non-hydrogen) atoms. The van der Waals surface area contributed by atoms with Gasteiger partial charge in [0.15, 0.2) is 15.6 Å². The van der Waals surface area contributed by atoms with Crippen molar-refractivity contribution in [2.75, 3.05) is 12.9 Å². The van der Waals surface area contributed by atoms with Crippen LogP contribution in [0.2, 0.25) is 5.02 Å². The fourth-order valence-electron chi connectivity index (χ4n) is 3.08. The molecular formula is C22H22ClFN2O5S. The van der Waals surface area contributed by atoms with E-state index in [4.69, 9.17) is 21.4 Å². The zero-order valence-electron chi connectivity index (χ0n) is 17.5. The van der Waals surface area contributed by atoms with Crippen LogP contribution in [-0.4, -0.2) is 42.3 Å². The molecule has 1 unspecified atom stereocenters. The number of aliphatic hydroxyl groups is 1. The molecule has 1 aromatic heterocycles. The van der Waals surface area contributed by atoms with Gasteiger partial charge in [-0.3, -0.25) is 4.79 Å². The van der Waals surface area contributed by atoms with Crippen molar-refractivity contribution in [1.29, 1.82) is 0 Å². The normalized spacial score (nSPS) is 12.5. The minimum atomic E-state index is -3.38. The molecule has 2 aromatic carbocycles. The highest BCUT2D eigenvalue weighted by atomic mass is 35.5. The Hall–Kier alpha value is -2.75. The van der Waals surface area contributed by atoms with Crippen molar-refractivity contribution >= 4 is 21.4 Å². The van der Waals surface area contributed by atoms with E-state index >= 15 is 0 Å². The monoisotopic (exact) mass is 480 g/mol. The highest BCUT2D eigenvalue weighted by Crippen LogP contribution is 2.29. The Balaban J connectivity index is 2.13. The van der Waals surface area contributed by atoms with Crippen molar-refractivity contribution in [3.63, 3.8) is 0 Å². The van der Waals surface area contributed by atoms with Crippen molar-refractivity contribution in [2.24, 2.45) is 0 Å². The smallest absolute Gasteiger partial charge is 0.314 e. The molecule has 0 aliphatic rings. The molecule has 1 heterocycles. The number of aliphatic hydroxyl groups excluding tert-OH is 1. The summed E-state index contributed by atoms with van der Waals surface area (Å²) >= 11 is 5.85. The van der Waals surface area contributed by atoms with Crippen molar-refractivity contribution in [1.82, 2.24) is 9.78 Å². The Morgan fingerprint density at radius 3 is 2.50 bits per heavy atom. The summed E-state index contributed by atoms with van der Waals surface area (Å²) in [7, 11) is -3.38. The number of hydrogen-bond donors (Lipinski definition) is 1. The molecule has 0 aliphatic heterocycles. The first-order valence-electron chi connectivity index (χ1n) is 9.77. The number of sulfone groups is 1. The van der Waals surface area contributed by atoms with Gasteiger partial charge in [-0.25, -0.2) is 12.8 Å². The first kappa shape index (κ1) is 23.9. The minimum Gasteiger partial charge on any atom is -0.484 e. The molecule has 3 aromatic rings. The van der Waals surface area contributed by atoms with Gasteiger partial charge in [-0.05, 0) is 55.7 Å². The van der Waals surface area contributed by atoms with Crippen LogP contribution in [-0.2, 0) is 9.84 Å². The topological polar surface area (TPSA) is 98.5 Å². The lowest BCUT2D eigenvalue weighted by Gasteiger charge is -2.18. The number of aromatic nitrogens is 2. The van der Waals surface area contributed by atoms with Gasteiger partial charge in [-0.2, -0.15) is 9.78 Å². The maximum atomic E-state index is 13.6. The fourth-order valence-corrected chi connectivity index (χ4v) is 3.88. The molecule has 0 radical (unpaired) electrons. The van der Waals surface area contributed by atoms with Crippen LogP contribution in [0.1, 0.15) is 19.8 Å². The second kappa shape index (κ2) is 9.81. The third-order valence-electron chi connectivity index (χ3n) is 4.76. The van der Waals surface area contributed by atoms with E-state index < -0.39 is 27.3 Å². The molecule has 0 saturated heterocycles. The maximum absolute atomic E-state index is 13.6. The van der Waals surface area contributed by atoms with E-state index in [-0.39, 0.29) is 28.0 Å². The van der Waals surface area contributed by atoms with Crippen LogP contribution in [0.4, 0.5) is 4.39 Å². The van der Waals surface area contributed by atoms with Gasteiger partial charge in [-0.15, -0.1) is 0 Å². The van der Waals surface area contributed by atoms with Crippen molar-refractivity contribution < 1.29 is 22.7 Å². The summed E-state index contributed by atoms with van der Waals surface area (Å²) in [5.41, 5.74) is 0.576. The van der Waals surface area contributed by atoms with E-state index in [1.807, 2.05) is 0 Å². The number of ether oxygens (including phenoxy) is 1. The molecule has 0 aliphatic carbocycles. The summed E-state index contributed by atoms with van der Waals surface area (Å²) in [6, 6.07) is 9.80. The molecule has 7 nitrogen and oxygen atoms in total. The average molecular weight is 481 g/mol. The van der Waals surface area contributed by atoms with E-state index in [0.717, 1.165) is 17.0 Å². The van der Waals surface area contributed by atoms with Crippen molar-refractivity contribution in [3.05, 3.63) is 69.9 Å². The van der Waals surface area contributed by atoms with Gasteiger partial charge in [0.05, 0.1) is 27.9 Å². The van der Waals surface area contributed by atoms with E-state index in [9.17, 15) is 17.6 Å². The standard InChI is InChI=1S/C22H22ClFN2O5S/c1-14(4-3-11-27)31-21-18(15-5-8-17(9-6-15)32(2,29)30)13-25-26(22(21)28)16-7-10-20(24)19(23)12-16/h5-10,12-14,27H,3-4,11H2,1-2H3. The molecule has 0 amide bonds. The lowest BCUT2D eigenvalue weighted by molar-refractivity contribution is 0.186. The van der Waals surface area contributed by atoms with Gasteiger partial charge in [0.1, 0.15) is 5.82 Å². The van der Waals surface area contributed by atoms with Crippen molar-refractivity contribution in [2.45, 2.75) is 30.8 Å². The highest BCUT2D eigenvalue weighted by molar-refractivity contribution is 7.90. The number of halogens is 2. The largest absolute Gasteiger partial charge is 0.484 e. The zero-order valence-corrected chi connectivity index (χ0v) is 19.0. The van der Waals surface area contributed by atoms with Gasteiger partial charge < -0.3 is 9.84 Å². The summed E-state index contributed by atoms with van der Waals surface area (Å²) in [5.74, 6) is -0.627. The molecule has 0 saturated carbocycles. The average Bonchev–Trinajstić information content (AvgIpc) is 2.75. The maximum Gasteiger partial charge on any atom is 0.314 e. The zero-order chi connectivity index (χ0) is 23.5. The Morgan fingerprint density at radius 1 is 1.22 bits per heavy atom. The molecule has 3 rings (SSSR count). The van der Waals surface area contributed by atoms with Crippen LogP contribution in [0.5, 0.6) is 5.75 Å². The lowest BCUT2D eigenvalue weighted by atomic mass is 10.1. The Morgan fingerprint density at radius 2 is 1.91 bits per heavy atom. The Bertz CT molecular complexity index is 1280. The lowest BCUT2D eigenvalue weighted by Crippen LogP contribution is -2.26. The molecule has 10 heteroatoms. The van der Waals surface area contributed by atoms with Crippen LogP contribution in [0, 0.1) is 5.82 Å². The van der Waals surface area contributed by atoms with Crippen LogP contribution >= 0.6 is 11.6 Å². The van der Waals surface area contributed by atoms with E-state index in [1.165, 1.54) is 30.5 Å². The summed E-state index contributed by atoms with van der Waals surface area (Å²) in [6.45, 7) is 1.76.